The zero-order chi connectivity index (χ0) is 13.1. The van der Waals surface area contributed by atoms with E-state index in [4.69, 9.17) is 11.6 Å². The summed E-state index contributed by atoms with van der Waals surface area (Å²) in [5.41, 5.74) is 1.57. The first-order valence-electron chi connectivity index (χ1n) is 6.46. The Morgan fingerprint density at radius 1 is 1.22 bits per heavy atom. The lowest BCUT2D eigenvalue weighted by Gasteiger charge is -2.38. The van der Waals surface area contributed by atoms with Crippen LogP contribution in [0.25, 0.3) is 0 Å². The molecule has 1 saturated heterocycles. The van der Waals surface area contributed by atoms with Gasteiger partial charge in [0.25, 0.3) is 0 Å². The molecule has 1 aliphatic heterocycles. The fourth-order valence-electron chi connectivity index (χ4n) is 2.46. The molecule has 0 N–H and O–H groups in total. The highest BCUT2D eigenvalue weighted by Crippen LogP contribution is 2.26. The number of halogens is 2. The molecule has 0 aromatic heterocycles. The van der Waals surface area contributed by atoms with Crippen molar-refractivity contribution in [1.82, 2.24) is 4.90 Å². The molecule has 4 heteroatoms. The Labute approximate surface area is 113 Å². The maximum atomic E-state index is 13.7. The largest absolute Gasteiger partial charge is 0.369 e. The molecule has 2 rings (SSSR count). The summed E-state index contributed by atoms with van der Waals surface area (Å²) in [4.78, 5) is 4.68. The number of alkyl halides is 1. The Hall–Kier alpha value is -0.800. The van der Waals surface area contributed by atoms with E-state index in [9.17, 15) is 4.39 Å². The average molecular weight is 271 g/mol. The Morgan fingerprint density at radius 2 is 1.89 bits per heavy atom. The smallest absolute Gasteiger partial charge is 0.129 e. The number of rotatable bonds is 3. The number of hydrogen-bond donors (Lipinski definition) is 0. The van der Waals surface area contributed by atoms with Crippen LogP contribution in [-0.4, -0.2) is 37.1 Å². The van der Waals surface area contributed by atoms with Crippen LogP contribution >= 0.6 is 11.6 Å². The second-order valence-electron chi connectivity index (χ2n) is 4.99. The van der Waals surface area contributed by atoms with Crippen LogP contribution in [0.3, 0.4) is 0 Å². The third-order valence-electron chi connectivity index (χ3n) is 3.61. The summed E-state index contributed by atoms with van der Waals surface area (Å²) in [6, 6.07) is 5.78. The molecule has 1 aromatic rings. The van der Waals surface area contributed by atoms with Gasteiger partial charge in [0.15, 0.2) is 0 Å². The van der Waals surface area contributed by atoms with Crippen LogP contribution in [0.15, 0.2) is 18.2 Å². The van der Waals surface area contributed by atoms with E-state index in [2.05, 4.69) is 23.6 Å². The van der Waals surface area contributed by atoms with Crippen LogP contribution in [0.5, 0.6) is 0 Å². The molecule has 18 heavy (non-hydrogen) atoms. The molecular formula is C14H20ClFN2. The van der Waals surface area contributed by atoms with Crippen molar-refractivity contribution < 1.29 is 4.39 Å². The van der Waals surface area contributed by atoms with Crippen LogP contribution in [0.2, 0.25) is 0 Å². The zero-order valence-electron chi connectivity index (χ0n) is 11.0. The normalized spacial score (nSPS) is 17.5. The van der Waals surface area contributed by atoms with Gasteiger partial charge < -0.3 is 4.90 Å². The van der Waals surface area contributed by atoms with Gasteiger partial charge in [-0.05, 0) is 26.0 Å². The van der Waals surface area contributed by atoms with E-state index >= 15 is 0 Å². The minimum absolute atomic E-state index is 0.200. The second kappa shape index (κ2) is 5.89. The molecule has 0 radical (unpaired) electrons. The van der Waals surface area contributed by atoms with Crippen LogP contribution in [0.4, 0.5) is 10.1 Å². The quantitative estimate of drug-likeness (QED) is 0.779. The van der Waals surface area contributed by atoms with Gasteiger partial charge in [-0.15, -0.1) is 11.6 Å². The molecule has 1 fully saturated rings. The van der Waals surface area contributed by atoms with Gasteiger partial charge in [0.05, 0.1) is 5.88 Å². The van der Waals surface area contributed by atoms with Crippen LogP contribution < -0.4 is 4.90 Å². The lowest BCUT2D eigenvalue weighted by molar-refractivity contribution is 0.209. The van der Waals surface area contributed by atoms with Crippen molar-refractivity contribution >= 4 is 17.3 Å². The van der Waals surface area contributed by atoms with Crippen molar-refractivity contribution in [3.63, 3.8) is 0 Å². The molecule has 0 spiro atoms. The van der Waals surface area contributed by atoms with Gasteiger partial charge in [-0.25, -0.2) is 4.39 Å². The molecule has 2 nitrogen and oxygen atoms in total. The van der Waals surface area contributed by atoms with E-state index in [1.54, 1.807) is 6.07 Å². The van der Waals surface area contributed by atoms with E-state index in [1.165, 1.54) is 6.07 Å². The molecule has 0 bridgehead atoms. The van der Waals surface area contributed by atoms with E-state index in [0.717, 1.165) is 31.9 Å². The van der Waals surface area contributed by atoms with Gasteiger partial charge in [-0.3, -0.25) is 4.90 Å². The summed E-state index contributed by atoms with van der Waals surface area (Å²) in [6.07, 6.45) is 0. The molecule has 1 aromatic carbocycles. The van der Waals surface area contributed by atoms with E-state index < -0.39 is 0 Å². The highest BCUT2D eigenvalue weighted by molar-refractivity contribution is 6.17. The lowest BCUT2D eigenvalue weighted by atomic mass is 10.1. The van der Waals surface area contributed by atoms with E-state index in [-0.39, 0.29) is 11.7 Å². The average Bonchev–Trinajstić information content (AvgIpc) is 2.38. The molecule has 1 heterocycles. The molecule has 0 aliphatic carbocycles. The minimum Gasteiger partial charge on any atom is -0.369 e. The van der Waals surface area contributed by atoms with Crippen molar-refractivity contribution in [1.29, 1.82) is 0 Å². The highest BCUT2D eigenvalue weighted by atomic mass is 35.5. The van der Waals surface area contributed by atoms with Crippen LogP contribution in [0.1, 0.15) is 19.4 Å². The van der Waals surface area contributed by atoms with E-state index in [1.807, 2.05) is 6.07 Å². The molecule has 0 unspecified atom stereocenters. The monoisotopic (exact) mass is 270 g/mol. The fraction of sp³-hybridized carbons (Fsp3) is 0.571. The molecular weight excluding hydrogens is 251 g/mol. The second-order valence-corrected chi connectivity index (χ2v) is 5.26. The molecule has 1 aliphatic rings. The van der Waals surface area contributed by atoms with Crippen molar-refractivity contribution in [3.8, 4) is 0 Å². The number of anilines is 1. The summed E-state index contributed by atoms with van der Waals surface area (Å²) in [7, 11) is 0. The fourth-order valence-corrected chi connectivity index (χ4v) is 2.72. The third kappa shape index (κ3) is 2.78. The first kappa shape index (κ1) is 13.6. The lowest BCUT2D eigenvalue weighted by Crippen LogP contribution is -2.49. The Balaban J connectivity index is 2.12. The van der Waals surface area contributed by atoms with Gasteiger partial charge in [0.1, 0.15) is 5.82 Å². The van der Waals surface area contributed by atoms with Gasteiger partial charge in [0, 0.05) is 43.5 Å². The Kier molecular flexibility index (Phi) is 4.46. The van der Waals surface area contributed by atoms with E-state index in [0.29, 0.717) is 11.6 Å². The Bertz CT molecular complexity index is 401. The minimum atomic E-state index is -0.200. The summed E-state index contributed by atoms with van der Waals surface area (Å²) in [6.45, 7) is 8.34. The summed E-state index contributed by atoms with van der Waals surface area (Å²) in [5.74, 6) is 0.0284. The first-order chi connectivity index (χ1) is 8.63. The summed E-state index contributed by atoms with van der Waals surface area (Å²) >= 11 is 5.86. The van der Waals surface area contributed by atoms with Crippen LogP contribution in [0, 0.1) is 5.82 Å². The maximum Gasteiger partial charge on any atom is 0.129 e. The number of nitrogens with zero attached hydrogens (tertiary/aromatic N) is 2. The van der Waals surface area contributed by atoms with Crippen molar-refractivity contribution in [2.75, 3.05) is 31.1 Å². The summed E-state index contributed by atoms with van der Waals surface area (Å²) in [5, 5.41) is 0. The number of benzene rings is 1. The predicted octanol–water partition coefficient (Wildman–Crippen LogP) is 3.09. The van der Waals surface area contributed by atoms with Gasteiger partial charge >= 0.3 is 0 Å². The number of piperazine rings is 1. The zero-order valence-corrected chi connectivity index (χ0v) is 11.8. The highest BCUT2D eigenvalue weighted by Gasteiger charge is 2.21. The first-order valence-corrected chi connectivity index (χ1v) is 6.99. The Morgan fingerprint density at radius 3 is 2.44 bits per heavy atom. The van der Waals surface area contributed by atoms with Crippen LogP contribution in [-0.2, 0) is 5.88 Å². The van der Waals surface area contributed by atoms with Crippen molar-refractivity contribution in [2.45, 2.75) is 25.8 Å². The van der Waals surface area contributed by atoms with Gasteiger partial charge in [-0.1, -0.05) is 6.07 Å². The standard InChI is InChI=1S/C14H20ClFN2/c1-11(2)17-6-8-18(9-7-17)14-5-3-4-13(16)12(14)10-15/h3-5,11H,6-10H2,1-2H3. The predicted molar refractivity (Wildman–Crippen MR) is 74.9 cm³/mol. The van der Waals surface area contributed by atoms with Gasteiger partial charge in [-0.2, -0.15) is 0 Å². The molecule has 0 atom stereocenters. The molecule has 100 valence electrons. The third-order valence-corrected chi connectivity index (χ3v) is 3.88. The molecule has 0 amide bonds. The summed E-state index contributed by atoms with van der Waals surface area (Å²) < 4.78 is 13.7. The van der Waals surface area contributed by atoms with Crippen molar-refractivity contribution in [3.05, 3.63) is 29.6 Å². The number of hydrogen-bond acceptors (Lipinski definition) is 2. The molecule has 0 saturated carbocycles. The maximum absolute atomic E-state index is 13.7. The SMILES string of the molecule is CC(C)N1CCN(c2cccc(F)c2CCl)CC1. The van der Waals surface area contributed by atoms with Crippen molar-refractivity contribution in [2.24, 2.45) is 0 Å². The topological polar surface area (TPSA) is 6.48 Å². The van der Waals surface area contributed by atoms with Gasteiger partial charge in [0.2, 0.25) is 0 Å².